The van der Waals surface area contributed by atoms with Gasteiger partial charge in [-0.05, 0) is 63.6 Å². The van der Waals surface area contributed by atoms with Gasteiger partial charge in [0.05, 0.1) is 12.6 Å². The summed E-state index contributed by atoms with van der Waals surface area (Å²) >= 11 is 0. The molecule has 0 aromatic heterocycles. The molecule has 0 bridgehead atoms. The summed E-state index contributed by atoms with van der Waals surface area (Å²) in [6, 6.07) is 7.04. The van der Waals surface area contributed by atoms with E-state index in [0.717, 1.165) is 77.5 Å². The Labute approximate surface area is 199 Å². The predicted octanol–water partition coefficient (Wildman–Crippen LogP) is 2.90. The number of nitrogens with zero attached hydrogens (tertiary/aromatic N) is 3. The van der Waals surface area contributed by atoms with Crippen LogP contribution in [0, 0.1) is 13.8 Å². The Bertz CT molecular complexity index is 668. The Hall–Kier alpha value is -1.06. The summed E-state index contributed by atoms with van der Waals surface area (Å²) in [5.41, 5.74) is 4.16. The van der Waals surface area contributed by atoms with Crippen LogP contribution >= 0.6 is 24.0 Å². The number of rotatable bonds is 6. The summed E-state index contributed by atoms with van der Waals surface area (Å²) < 4.78 is 0. The second kappa shape index (κ2) is 12.7. The van der Waals surface area contributed by atoms with Gasteiger partial charge in [0.1, 0.15) is 0 Å². The summed E-state index contributed by atoms with van der Waals surface area (Å²) in [4.78, 5) is 9.84. The number of piperazine rings is 1. The monoisotopic (exact) mass is 529 g/mol. The third kappa shape index (κ3) is 7.27. The second-order valence-corrected chi connectivity index (χ2v) is 8.46. The van der Waals surface area contributed by atoms with Gasteiger partial charge in [0.15, 0.2) is 5.96 Å². The molecule has 1 aliphatic heterocycles. The lowest BCUT2D eigenvalue weighted by molar-refractivity contribution is 0.120. The molecule has 0 radical (unpaired) electrons. The second-order valence-electron chi connectivity index (χ2n) is 8.46. The maximum atomic E-state index is 9.69. The number of hydrogen-bond acceptors (Lipinski definition) is 4. The van der Waals surface area contributed by atoms with Crippen LogP contribution in [-0.2, 0) is 0 Å². The zero-order valence-corrected chi connectivity index (χ0v) is 21.2. The number of nitrogens with one attached hydrogen (secondary N) is 2. The van der Waals surface area contributed by atoms with E-state index in [2.05, 4.69) is 59.4 Å². The normalized spacial score (nSPS) is 23.1. The highest BCUT2D eigenvalue weighted by atomic mass is 127. The highest BCUT2D eigenvalue weighted by Crippen LogP contribution is 2.23. The minimum Gasteiger partial charge on any atom is -0.393 e. The first-order valence-corrected chi connectivity index (χ1v) is 11.3. The molecule has 0 atom stereocenters. The molecule has 2 aliphatic rings. The van der Waals surface area contributed by atoms with Crippen molar-refractivity contribution in [1.29, 1.82) is 0 Å². The topological polar surface area (TPSA) is 63.1 Å². The van der Waals surface area contributed by atoms with E-state index in [1.807, 2.05) is 0 Å². The van der Waals surface area contributed by atoms with Gasteiger partial charge in [-0.3, -0.25) is 9.89 Å². The first kappa shape index (κ1) is 25.2. The van der Waals surface area contributed by atoms with Crippen LogP contribution < -0.4 is 15.5 Å². The molecule has 1 saturated heterocycles. The molecule has 0 amide bonds. The molecule has 1 aromatic carbocycles. The lowest BCUT2D eigenvalue weighted by Gasteiger charge is -2.36. The maximum Gasteiger partial charge on any atom is 0.191 e. The van der Waals surface area contributed by atoms with Gasteiger partial charge in [0.2, 0.25) is 0 Å². The molecular formula is C23H40IN5O. The van der Waals surface area contributed by atoms with E-state index in [4.69, 9.17) is 4.99 Å². The minimum absolute atomic E-state index is 0. The molecule has 0 unspecified atom stereocenters. The van der Waals surface area contributed by atoms with Crippen LogP contribution in [0.2, 0.25) is 0 Å². The Kier molecular flexibility index (Phi) is 10.7. The van der Waals surface area contributed by atoms with Crippen LogP contribution in [0.25, 0.3) is 0 Å². The molecule has 3 N–H and O–H groups in total. The van der Waals surface area contributed by atoms with E-state index in [-0.39, 0.29) is 30.1 Å². The van der Waals surface area contributed by atoms with Crippen molar-refractivity contribution < 1.29 is 5.11 Å². The van der Waals surface area contributed by atoms with Crippen LogP contribution in [0.15, 0.2) is 23.2 Å². The lowest BCUT2D eigenvalue weighted by atomic mass is 9.93. The highest BCUT2D eigenvalue weighted by molar-refractivity contribution is 14.0. The van der Waals surface area contributed by atoms with Gasteiger partial charge >= 0.3 is 0 Å². The Balaban J connectivity index is 0.00000320. The number of hydrogen-bond donors (Lipinski definition) is 3. The smallest absolute Gasteiger partial charge is 0.191 e. The number of anilines is 1. The van der Waals surface area contributed by atoms with E-state index >= 15 is 0 Å². The molecule has 1 saturated carbocycles. The van der Waals surface area contributed by atoms with Gasteiger partial charge in [-0.25, -0.2) is 0 Å². The zero-order valence-electron chi connectivity index (χ0n) is 18.9. The molecular weight excluding hydrogens is 489 g/mol. The lowest BCUT2D eigenvalue weighted by Crippen LogP contribution is -2.48. The van der Waals surface area contributed by atoms with E-state index in [1.54, 1.807) is 0 Å². The standard InChI is InChI=1S/C23H39N5O.HI/c1-4-24-23(26-20-8-10-21(29)11-9-20)25-12-13-27-14-16-28(17-15-27)22-7-5-6-18(2)19(22)3;/h5-7,20-21,29H,4,8-17H2,1-3H3,(H2,24,25,26);1H. The number of aliphatic imine (C=N–C) groups is 1. The van der Waals surface area contributed by atoms with E-state index in [1.165, 1.54) is 16.8 Å². The van der Waals surface area contributed by atoms with Gasteiger partial charge in [-0.15, -0.1) is 24.0 Å². The fourth-order valence-electron chi connectivity index (χ4n) is 4.33. The van der Waals surface area contributed by atoms with E-state index in [9.17, 15) is 5.11 Å². The van der Waals surface area contributed by atoms with Gasteiger partial charge < -0.3 is 20.6 Å². The van der Waals surface area contributed by atoms with Crippen molar-refractivity contribution in [3.8, 4) is 0 Å². The zero-order chi connectivity index (χ0) is 20.6. The van der Waals surface area contributed by atoms with Crippen molar-refractivity contribution in [3.63, 3.8) is 0 Å². The third-order valence-corrected chi connectivity index (χ3v) is 6.36. The molecule has 30 heavy (non-hydrogen) atoms. The summed E-state index contributed by atoms with van der Waals surface area (Å²) in [6.07, 6.45) is 3.70. The summed E-state index contributed by atoms with van der Waals surface area (Å²) in [5, 5.41) is 16.6. The first-order valence-electron chi connectivity index (χ1n) is 11.3. The molecule has 7 heteroatoms. The molecule has 0 spiro atoms. The average Bonchev–Trinajstić information content (AvgIpc) is 2.72. The molecule has 1 aromatic rings. The number of aliphatic hydroxyl groups excluding tert-OH is 1. The van der Waals surface area contributed by atoms with Crippen molar-refractivity contribution in [1.82, 2.24) is 15.5 Å². The van der Waals surface area contributed by atoms with Gasteiger partial charge in [-0.2, -0.15) is 0 Å². The summed E-state index contributed by atoms with van der Waals surface area (Å²) in [7, 11) is 0. The van der Waals surface area contributed by atoms with Crippen LogP contribution in [0.1, 0.15) is 43.7 Å². The minimum atomic E-state index is -0.116. The van der Waals surface area contributed by atoms with Crippen molar-refractivity contribution in [2.45, 2.75) is 58.6 Å². The molecule has 1 heterocycles. The largest absolute Gasteiger partial charge is 0.393 e. The van der Waals surface area contributed by atoms with Crippen molar-refractivity contribution in [2.75, 3.05) is 50.7 Å². The van der Waals surface area contributed by atoms with Gasteiger partial charge in [0, 0.05) is 51.0 Å². The quantitative estimate of drug-likeness (QED) is 0.301. The van der Waals surface area contributed by atoms with Crippen LogP contribution in [0.4, 0.5) is 5.69 Å². The maximum absolute atomic E-state index is 9.69. The van der Waals surface area contributed by atoms with Crippen molar-refractivity contribution in [3.05, 3.63) is 29.3 Å². The molecule has 2 fully saturated rings. The number of benzene rings is 1. The van der Waals surface area contributed by atoms with Crippen molar-refractivity contribution >= 4 is 35.6 Å². The average molecular weight is 530 g/mol. The van der Waals surface area contributed by atoms with Gasteiger partial charge in [-0.1, -0.05) is 12.1 Å². The van der Waals surface area contributed by atoms with Gasteiger partial charge in [0.25, 0.3) is 0 Å². The predicted molar refractivity (Wildman–Crippen MR) is 137 cm³/mol. The number of halogens is 1. The Morgan fingerprint density at radius 2 is 1.80 bits per heavy atom. The fraction of sp³-hybridized carbons (Fsp3) is 0.696. The fourth-order valence-corrected chi connectivity index (χ4v) is 4.33. The highest BCUT2D eigenvalue weighted by Gasteiger charge is 2.21. The molecule has 6 nitrogen and oxygen atoms in total. The van der Waals surface area contributed by atoms with Crippen LogP contribution in [0.5, 0.6) is 0 Å². The molecule has 3 rings (SSSR count). The number of guanidine groups is 1. The SMILES string of the molecule is CCNC(=NCCN1CCN(c2cccc(C)c2C)CC1)NC1CCC(O)CC1.I. The number of aliphatic hydroxyl groups is 1. The third-order valence-electron chi connectivity index (χ3n) is 6.36. The first-order chi connectivity index (χ1) is 14.1. The van der Waals surface area contributed by atoms with Crippen LogP contribution in [-0.4, -0.2) is 73.9 Å². The van der Waals surface area contributed by atoms with E-state index in [0.29, 0.717) is 6.04 Å². The molecule has 1 aliphatic carbocycles. The summed E-state index contributed by atoms with van der Waals surface area (Å²) in [6.45, 7) is 13.6. The Morgan fingerprint density at radius 3 is 2.47 bits per heavy atom. The van der Waals surface area contributed by atoms with E-state index < -0.39 is 0 Å². The Morgan fingerprint density at radius 1 is 1.10 bits per heavy atom. The van der Waals surface area contributed by atoms with Crippen molar-refractivity contribution in [2.24, 2.45) is 4.99 Å². The van der Waals surface area contributed by atoms with Crippen LogP contribution in [0.3, 0.4) is 0 Å². The number of aryl methyl sites for hydroxylation is 1. The summed E-state index contributed by atoms with van der Waals surface area (Å²) in [5.74, 6) is 0.919. The molecule has 170 valence electrons.